The normalized spacial score (nSPS) is 11.5. The highest BCUT2D eigenvalue weighted by atomic mass is 32.2. The average Bonchev–Trinajstić information content (AvgIpc) is 3.17. The Bertz CT molecular complexity index is 986. The zero-order valence-electron chi connectivity index (χ0n) is 14.1. The molecule has 0 atom stereocenters. The molecular weight excluding hydrogens is 352 g/mol. The molecule has 0 bridgehead atoms. The maximum atomic E-state index is 12.5. The van der Waals surface area contributed by atoms with Crippen LogP contribution in [0, 0.1) is 0 Å². The molecule has 134 valence electrons. The summed E-state index contributed by atoms with van der Waals surface area (Å²) < 4.78 is 27.6. The lowest BCUT2D eigenvalue weighted by molar-refractivity contribution is -0.116. The SMILES string of the molecule is CN(CC(=O)Nc1cccc(-n2cccn2)c1)S(=O)(=O)c1ccccc1. The number of nitrogens with one attached hydrogen (secondary N) is 1. The van der Waals surface area contributed by atoms with Gasteiger partial charge in [0.15, 0.2) is 0 Å². The fourth-order valence-corrected chi connectivity index (χ4v) is 3.56. The molecule has 0 spiro atoms. The first-order chi connectivity index (χ1) is 12.5. The minimum atomic E-state index is -3.71. The molecule has 26 heavy (non-hydrogen) atoms. The van der Waals surface area contributed by atoms with Crippen molar-refractivity contribution in [2.45, 2.75) is 4.90 Å². The highest BCUT2D eigenvalue weighted by Crippen LogP contribution is 2.15. The van der Waals surface area contributed by atoms with Gasteiger partial charge >= 0.3 is 0 Å². The number of sulfonamides is 1. The molecule has 8 heteroatoms. The zero-order chi connectivity index (χ0) is 18.6. The van der Waals surface area contributed by atoms with Crippen LogP contribution in [0.2, 0.25) is 0 Å². The first-order valence-corrected chi connectivity index (χ1v) is 9.32. The highest BCUT2D eigenvalue weighted by molar-refractivity contribution is 7.89. The Hall–Kier alpha value is -2.97. The largest absolute Gasteiger partial charge is 0.325 e. The van der Waals surface area contributed by atoms with Crippen LogP contribution in [0.1, 0.15) is 0 Å². The van der Waals surface area contributed by atoms with Gasteiger partial charge in [-0.25, -0.2) is 13.1 Å². The molecule has 0 saturated carbocycles. The second-order valence-electron chi connectivity index (χ2n) is 5.62. The number of carbonyl (C=O) groups is 1. The van der Waals surface area contributed by atoms with E-state index < -0.39 is 15.9 Å². The van der Waals surface area contributed by atoms with Crippen molar-refractivity contribution < 1.29 is 13.2 Å². The predicted octanol–water partition coefficient (Wildman–Crippen LogP) is 2.13. The number of hydrogen-bond donors (Lipinski definition) is 1. The summed E-state index contributed by atoms with van der Waals surface area (Å²) >= 11 is 0. The van der Waals surface area contributed by atoms with Gasteiger partial charge in [0.2, 0.25) is 15.9 Å². The van der Waals surface area contributed by atoms with Crippen LogP contribution >= 0.6 is 0 Å². The van der Waals surface area contributed by atoms with Gasteiger partial charge in [0.05, 0.1) is 17.1 Å². The molecule has 0 unspecified atom stereocenters. The summed E-state index contributed by atoms with van der Waals surface area (Å²) in [7, 11) is -2.33. The van der Waals surface area contributed by atoms with Crippen molar-refractivity contribution in [2.24, 2.45) is 0 Å². The minimum absolute atomic E-state index is 0.149. The van der Waals surface area contributed by atoms with Crippen molar-refractivity contribution in [1.82, 2.24) is 14.1 Å². The molecule has 0 radical (unpaired) electrons. The number of likely N-dealkylation sites (N-methyl/N-ethyl adjacent to an activating group) is 1. The van der Waals surface area contributed by atoms with E-state index in [1.54, 1.807) is 59.5 Å². The number of nitrogens with zero attached hydrogens (tertiary/aromatic N) is 3. The average molecular weight is 370 g/mol. The summed E-state index contributed by atoms with van der Waals surface area (Å²) in [5.74, 6) is -0.426. The van der Waals surface area contributed by atoms with Gasteiger partial charge < -0.3 is 5.32 Å². The number of carbonyl (C=O) groups excluding carboxylic acids is 1. The third kappa shape index (κ3) is 3.98. The molecular formula is C18H18N4O3S. The molecule has 0 aliphatic carbocycles. The summed E-state index contributed by atoms with van der Waals surface area (Å²) in [6, 6.07) is 16.9. The van der Waals surface area contributed by atoms with Crippen LogP contribution in [-0.4, -0.2) is 42.0 Å². The van der Waals surface area contributed by atoms with Gasteiger partial charge in [0, 0.05) is 25.1 Å². The van der Waals surface area contributed by atoms with Crippen LogP contribution in [0.25, 0.3) is 5.69 Å². The van der Waals surface area contributed by atoms with Crippen LogP contribution in [-0.2, 0) is 14.8 Å². The Balaban J connectivity index is 1.68. The van der Waals surface area contributed by atoms with Crippen molar-refractivity contribution in [3.63, 3.8) is 0 Å². The third-order valence-electron chi connectivity index (χ3n) is 3.72. The predicted molar refractivity (Wildman–Crippen MR) is 98.5 cm³/mol. The summed E-state index contributed by atoms with van der Waals surface area (Å²) in [4.78, 5) is 12.4. The standard InChI is InChI=1S/C18H18N4O3S/c1-21(26(24,25)17-9-3-2-4-10-17)14-18(23)20-15-7-5-8-16(13-15)22-12-6-11-19-22/h2-13H,14H2,1H3,(H,20,23). The lowest BCUT2D eigenvalue weighted by atomic mass is 10.2. The number of aromatic nitrogens is 2. The lowest BCUT2D eigenvalue weighted by Crippen LogP contribution is -2.34. The molecule has 1 aromatic heterocycles. The van der Waals surface area contributed by atoms with Crippen molar-refractivity contribution in [3.05, 3.63) is 73.1 Å². The monoisotopic (exact) mass is 370 g/mol. The first-order valence-electron chi connectivity index (χ1n) is 7.88. The van der Waals surface area contributed by atoms with E-state index in [0.29, 0.717) is 5.69 Å². The maximum Gasteiger partial charge on any atom is 0.243 e. The molecule has 3 aromatic rings. The second-order valence-corrected chi connectivity index (χ2v) is 7.67. The van der Waals surface area contributed by atoms with Gasteiger partial charge in [-0.2, -0.15) is 9.40 Å². The fourth-order valence-electron chi connectivity index (χ4n) is 2.41. The van der Waals surface area contributed by atoms with Crippen LogP contribution in [0.4, 0.5) is 5.69 Å². The number of benzene rings is 2. The Labute approximate surface area is 151 Å². The lowest BCUT2D eigenvalue weighted by Gasteiger charge is -2.17. The number of rotatable bonds is 6. The van der Waals surface area contributed by atoms with Crippen molar-refractivity contribution in [2.75, 3.05) is 18.9 Å². The van der Waals surface area contributed by atoms with E-state index in [4.69, 9.17) is 0 Å². The number of amides is 1. The number of anilines is 1. The molecule has 2 aromatic carbocycles. The number of hydrogen-bond acceptors (Lipinski definition) is 4. The Morgan fingerprint density at radius 3 is 2.58 bits per heavy atom. The topological polar surface area (TPSA) is 84.3 Å². The maximum absolute atomic E-state index is 12.5. The molecule has 0 aliphatic heterocycles. The molecule has 1 heterocycles. The van der Waals surface area contributed by atoms with Crippen LogP contribution < -0.4 is 5.32 Å². The molecule has 1 N–H and O–H groups in total. The summed E-state index contributed by atoms with van der Waals surface area (Å²) in [6.45, 7) is -0.288. The van der Waals surface area contributed by atoms with E-state index >= 15 is 0 Å². The molecule has 3 rings (SSSR count). The van der Waals surface area contributed by atoms with E-state index in [2.05, 4.69) is 10.4 Å². The Morgan fingerprint density at radius 2 is 1.88 bits per heavy atom. The van der Waals surface area contributed by atoms with E-state index in [0.717, 1.165) is 9.99 Å². The molecule has 7 nitrogen and oxygen atoms in total. The van der Waals surface area contributed by atoms with E-state index in [1.807, 2.05) is 6.07 Å². The quantitative estimate of drug-likeness (QED) is 0.720. The van der Waals surface area contributed by atoms with Gasteiger partial charge in [0.1, 0.15) is 0 Å². The molecule has 0 saturated heterocycles. The first kappa shape index (κ1) is 17.8. The summed E-state index contributed by atoms with van der Waals surface area (Å²) in [6.07, 6.45) is 3.45. The smallest absolute Gasteiger partial charge is 0.243 e. The van der Waals surface area contributed by atoms with Crippen molar-refractivity contribution in [1.29, 1.82) is 0 Å². The third-order valence-corrected chi connectivity index (χ3v) is 5.53. The van der Waals surface area contributed by atoms with Crippen LogP contribution in [0.15, 0.2) is 78.0 Å². The Kier molecular flexibility index (Phi) is 5.15. The fraction of sp³-hybridized carbons (Fsp3) is 0.111. The van der Waals surface area contributed by atoms with Crippen LogP contribution in [0.5, 0.6) is 0 Å². The summed E-state index contributed by atoms with van der Waals surface area (Å²) in [5.41, 5.74) is 1.35. The van der Waals surface area contributed by atoms with Crippen molar-refractivity contribution >= 4 is 21.6 Å². The minimum Gasteiger partial charge on any atom is -0.325 e. The van der Waals surface area contributed by atoms with Crippen LogP contribution in [0.3, 0.4) is 0 Å². The van der Waals surface area contributed by atoms with E-state index in [-0.39, 0.29) is 11.4 Å². The molecule has 0 fully saturated rings. The van der Waals surface area contributed by atoms with Crippen molar-refractivity contribution in [3.8, 4) is 5.69 Å². The van der Waals surface area contributed by atoms with Gasteiger partial charge in [-0.3, -0.25) is 4.79 Å². The summed E-state index contributed by atoms with van der Waals surface area (Å²) in [5, 5.41) is 6.85. The van der Waals surface area contributed by atoms with Gasteiger partial charge in [-0.1, -0.05) is 24.3 Å². The van der Waals surface area contributed by atoms with Gasteiger partial charge in [0.25, 0.3) is 0 Å². The van der Waals surface area contributed by atoms with Gasteiger partial charge in [-0.05, 0) is 36.4 Å². The second kappa shape index (κ2) is 7.51. The van der Waals surface area contributed by atoms with Gasteiger partial charge in [-0.15, -0.1) is 0 Å². The highest BCUT2D eigenvalue weighted by Gasteiger charge is 2.22. The Morgan fingerprint density at radius 1 is 1.12 bits per heavy atom. The van der Waals surface area contributed by atoms with E-state index in [1.165, 1.54) is 19.2 Å². The molecule has 0 aliphatic rings. The zero-order valence-corrected chi connectivity index (χ0v) is 14.9. The molecule has 1 amide bonds. The van der Waals surface area contributed by atoms with E-state index in [9.17, 15) is 13.2 Å².